The molecule has 0 saturated carbocycles. The van der Waals surface area contributed by atoms with Crippen molar-refractivity contribution in [3.8, 4) is 0 Å². The first-order valence-electron chi connectivity index (χ1n) is 9.91. The number of thiazole rings is 1. The largest absolute Gasteiger partial charge is 0.376 e. The highest BCUT2D eigenvalue weighted by atomic mass is 32.1. The number of carbonyl (C=O) groups is 1. The van der Waals surface area contributed by atoms with Gasteiger partial charge in [-0.25, -0.2) is 0 Å². The summed E-state index contributed by atoms with van der Waals surface area (Å²) >= 11 is 1.58. The first-order chi connectivity index (χ1) is 12.9. The SMILES string of the molecule is Cn1nc(C(C)(C)C)cc1C(=O)/N=c1\sc(C(C)(C)C)cn1C[C@H]1CCCO1. The number of carbonyl (C=O) groups excluding carboxylic acids is 1. The molecule has 6 nitrogen and oxygen atoms in total. The molecular formula is C21H32N4O2S. The van der Waals surface area contributed by atoms with Crippen LogP contribution in [-0.2, 0) is 29.2 Å². The van der Waals surface area contributed by atoms with E-state index in [1.165, 1.54) is 4.88 Å². The number of amides is 1. The Labute approximate surface area is 171 Å². The summed E-state index contributed by atoms with van der Waals surface area (Å²) in [5.74, 6) is -0.256. The summed E-state index contributed by atoms with van der Waals surface area (Å²) in [5.41, 5.74) is 1.30. The molecule has 3 heterocycles. The Bertz CT molecular complexity index is 916. The molecule has 3 rings (SSSR count). The summed E-state index contributed by atoms with van der Waals surface area (Å²) in [6.07, 6.45) is 4.47. The third-order valence-electron chi connectivity index (χ3n) is 4.95. The van der Waals surface area contributed by atoms with Crippen LogP contribution in [0.15, 0.2) is 17.3 Å². The number of nitrogens with zero attached hydrogens (tertiary/aromatic N) is 4. The molecule has 154 valence electrons. The summed E-state index contributed by atoms with van der Waals surface area (Å²) in [6, 6.07) is 1.86. The van der Waals surface area contributed by atoms with Gasteiger partial charge in [0.15, 0.2) is 4.80 Å². The van der Waals surface area contributed by atoms with E-state index in [1.807, 2.05) is 6.07 Å². The van der Waals surface area contributed by atoms with Crippen molar-refractivity contribution in [2.45, 2.75) is 77.9 Å². The van der Waals surface area contributed by atoms with E-state index < -0.39 is 0 Å². The van der Waals surface area contributed by atoms with Crippen molar-refractivity contribution in [2.24, 2.45) is 12.0 Å². The number of aromatic nitrogens is 3. The summed E-state index contributed by atoms with van der Waals surface area (Å²) in [7, 11) is 1.80. The molecule has 1 aliphatic rings. The van der Waals surface area contributed by atoms with Crippen LogP contribution in [0.4, 0.5) is 0 Å². The van der Waals surface area contributed by atoms with Gasteiger partial charge in [0, 0.05) is 30.1 Å². The van der Waals surface area contributed by atoms with Gasteiger partial charge in [-0.05, 0) is 24.3 Å². The first-order valence-corrected chi connectivity index (χ1v) is 10.7. The lowest BCUT2D eigenvalue weighted by atomic mass is 9.92. The summed E-state index contributed by atoms with van der Waals surface area (Å²) < 4.78 is 9.52. The molecule has 1 atom stereocenters. The lowest BCUT2D eigenvalue weighted by Crippen LogP contribution is -2.23. The number of aryl methyl sites for hydroxylation is 1. The third-order valence-corrected chi connectivity index (χ3v) is 6.39. The minimum Gasteiger partial charge on any atom is -0.376 e. The molecule has 0 N–H and O–H groups in total. The van der Waals surface area contributed by atoms with Crippen LogP contribution < -0.4 is 4.80 Å². The van der Waals surface area contributed by atoms with Gasteiger partial charge in [-0.2, -0.15) is 10.1 Å². The molecule has 0 unspecified atom stereocenters. The maximum atomic E-state index is 13.0. The monoisotopic (exact) mass is 404 g/mol. The van der Waals surface area contributed by atoms with Crippen molar-refractivity contribution in [3.05, 3.63) is 33.3 Å². The zero-order valence-corrected chi connectivity index (χ0v) is 18.9. The standard InChI is InChI=1S/C21H32N4O2S/c1-20(2,3)16-11-15(24(7)23-16)18(26)22-19-25(12-14-9-8-10-27-14)13-17(28-19)21(4,5)6/h11,13-14H,8-10,12H2,1-7H3/b22-19-/t14-/m1/s1. The maximum absolute atomic E-state index is 13.0. The highest BCUT2D eigenvalue weighted by Gasteiger charge is 2.24. The Morgan fingerprint density at radius 3 is 2.54 bits per heavy atom. The average molecular weight is 405 g/mol. The van der Waals surface area contributed by atoms with E-state index in [-0.39, 0.29) is 22.8 Å². The molecule has 1 amide bonds. The van der Waals surface area contributed by atoms with Crippen LogP contribution >= 0.6 is 11.3 Å². The fourth-order valence-electron chi connectivity index (χ4n) is 3.13. The molecule has 1 fully saturated rings. The minimum atomic E-state index is -0.256. The predicted molar refractivity (Wildman–Crippen MR) is 112 cm³/mol. The smallest absolute Gasteiger partial charge is 0.297 e. The van der Waals surface area contributed by atoms with Gasteiger partial charge in [0.05, 0.1) is 18.3 Å². The predicted octanol–water partition coefficient (Wildman–Crippen LogP) is 3.80. The quantitative estimate of drug-likeness (QED) is 0.782. The lowest BCUT2D eigenvalue weighted by Gasteiger charge is -2.15. The Morgan fingerprint density at radius 1 is 1.29 bits per heavy atom. The number of hydrogen-bond donors (Lipinski definition) is 0. The van der Waals surface area contributed by atoms with E-state index in [4.69, 9.17) is 4.74 Å². The molecule has 0 radical (unpaired) electrons. The van der Waals surface area contributed by atoms with E-state index in [9.17, 15) is 4.79 Å². The third kappa shape index (κ3) is 4.63. The zero-order chi connectivity index (χ0) is 20.7. The Kier molecular flexibility index (Phi) is 5.69. The summed E-state index contributed by atoms with van der Waals surface area (Å²) in [5, 5.41) is 4.51. The molecule has 0 aliphatic carbocycles. The molecule has 28 heavy (non-hydrogen) atoms. The van der Waals surface area contributed by atoms with Gasteiger partial charge in [-0.3, -0.25) is 9.48 Å². The van der Waals surface area contributed by atoms with Crippen LogP contribution in [-0.4, -0.2) is 33.0 Å². The fourth-order valence-corrected chi connectivity index (χ4v) is 4.19. The van der Waals surface area contributed by atoms with Crippen LogP contribution in [0.3, 0.4) is 0 Å². The van der Waals surface area contributed by atoms with Crippen LogP contribution in [0.2, 0.25) is 0 Å². The molecule has 1 saturated heterocycles. The van der Waals surface area contributed by atoms with Gasteiger partial charge < -0.3 is 9.30 Å². The van der Waals surface area contributed by atoms with Gasteiger partial charge >= 0.3 is 0 Å². The number of hydrogen-bond acceptors (Lipinski definition) is 4. The second-order valence-corrected chi connectivity index (χ2v) is 10.6. The summed E-state index contributed by atoms with van der Waals surface area (Å²) in [6.45, 7) is 14.4. The number of ether oxygens (including phenoxy) is 1. The van der Waals surface area contributed by atoms with Crippen molar-refractivity contribution in [1.82, 2.24) is 14.3 Å². The van der Waals surface area contributed by atoms with E-state index in [0.29, 0.717) is 5.69 Å². The van der Waals surface area contributed by atoms with Crippen molar-refractivity contribution in [3.63, 3.8) is 0 Å². The molecule has 0 spiro atoms. The molecule has 2 aromatic rings. The topological polar surface area (TPSA) is 61.4 Å². The van der Waals surface area contributed by atoms with E-state index in [2.05, 4.69) is 62.4 Å². The van der Waals surface area contributed by atoms with Crippen molar-refractivity contribution in [1.29, 1.82) is 0 Å². The van der Waals surface area contributed by atoms with Gasteiger partial charge in [0.2, 0.25) is 0 Å². The maximum Gasteiger partial charge on any atom is 0.297 e. The van der Waals surface area contributed by atoms with Crippen molar-refractivity contribution in [2.75, 3.05) is 6.61 Å². The Hall–Kier alpha value is -1.73. The van der Waals surface area contributed by atoms with Crippen molar-refractivity contribution < 1.29 is 9.53 Å². The number of rotatable bonds is 3. The van der Waals surface area contributed by atoms with Crippen LogP contribution in [0.25, 0.3) is 0 Å². The molecule has 2 aromatic heterocycles. The van der Waals surface area contributed by atoms with E-state index >= 15 is 0 Å². The highest BCUT2D eigenvalue weighted by molar-refractivity contribution is 7.09. The highest BCUT2D eigenvalue weighted by Crippen LogP contribution is 2.25. The van der Waals surface area contributed by atoms with Crippen LogP contribution in [0, 0.1) is 0 Å². The second kappa shape index (κ2) is 7.59. The molecule has 7 heteroatoms. The molecule has 0 bridgehead atoms. The van der Waals surface area contributed by atoms with Crippen molar-refractivity contribution >= 4 is 17.2 Å². The first kappa shape index (κ1) is 21.0. The minimum absolute atomic E-state index is 0.00566. The molecular weight excluding hydrogens is 372 g/mol. The Balaban J connectivity index is 1.98. The van der Waals surface area contributed by atoms with Gasteiger partial charge in [0.1, 0.15) is 5.69 Å². The van der Waals surface area contributed by atoms with E-state index in [1.54, 1.807) is 23.1 Å². The van der Waals surface area contributed by atoms with Gasteiger partial charge in [0.25, 0.3) is 5.91 Å². The summed E-state index contributed by atoms with van der Waals surface area (Å²) in [4.78, 5) is 19.4. The lowest BCUT2D eigenvalue weighted by molar-refractivity contribution is 0.0947. The average Bonchev–Trinajstić information content (AvgIpc) is 3.27. The van der Waals surface area contributed by atoms with Gasteiger partial charge in [-0.1, -0.05) is 41.5 Å². The zero-order valence-electron chi connectivity index (χ0n) is 18.1. The van der Waals surface area contributed by atoms with Gasteiger partial charge in [-0.15, -0.1) is 11.3 Å². The Morgan fingerprint density at radius 2 is 2.00 bits per heavy atom. The van der Waals surface area contributed by atoms with Crippen LogP contribution in [0.1, 0.15) is 75.4 Å². The second-order valence-electron chi connectivity index (χ2n) is 9.62. The van der Waals surface area contributed by atoms with E-state index in [0.717, 1.165) is 36.5 Å². The molecule has 1 aliphatic heterocycles. The molecule has 0 aromatic carbocycles. The fraction of sp³-hybridized carbons (Fsp3) is 0.667. The normalized spacial score (nSPS) is 18.8. The van der Waals surface area contributed by atoms with Crippen LogP contribution in [0.5, 0.6) is 0 Å².